The molecule has 0 spiro atoms. The molecule has 0 bridgehead atoms. The summed E-state index contributed by atoms with van der Waals surface area (Å²) in [5.41, 5.74) is 5.18. The van der Waals surface area contributed by atoms with Crippen LogP contribution in [0.25, 0.3) is 0 Å². The van der Waals surface area contributed by atoms with E-state index in [1.54, 1.807) is 0 Å². The van der Waals surface area contributed by atoms with E-state index in [0.717, 1.165) is 72.6 Å². The lowest BCUT2D eigenvalue weighted by Gasteiger charge is -2.26. The lowest BCUT2D eigenvalue weighted by Crippen LogP contribution is -2.14. The van der Waals surface area contributed by atoms with Crippen LogP contribution in [0.3, 0.4) is 0 Å². The number of hydrogen-bond donors (Lipinski definition) is 3. The molecule has 0 unspecified atom stereocenters. The topological polar surface area (TPSA) is 90.5 Å². The number of amides is 3. The van der Waals surface area contributed by atoms with Crippen LogP contribution in [0.1, 0.15) is 329 Å². The number of rotatable bonds is 54. The molecule has 3 N–H and O–H groups in total. The fourth-order valence-corrected chi connectivity index (χ4v) is 11.2. The van der Waals surface area contributed by atoms with Gasteiger partial charge in [-0.1, -0.05) is 290 Å². The molecule has 0 aliphatic heterocycles. The molecule has 0 saturated carbocycles. The molecule has 3 amide bonds. The normalized spacial score (nSPS) is 11.3. The number of benzene rings is 3. The quantitative estimate of drug-likeness (QED) is 0.0491. The van der Waals surface area contributed by atoms with Crippen molar-refractivity contribution in [3.63, 3.8) is 0 Å². The molecular formula is C72H120N4O3. The Bertz CT molecular complexity index is 1660. The van der Waals surface area contributed by atoms with Gasteiger partial charge in [-0.3, -0.25) is 14.4 Å². The van der Waals surface area contributed by atoms with E-state index in [2.05, 4.69) is 41.6 Å². The third-order valence-electron chi connectivity index (χ3n) is 16.2. The van der Waals surface area contributed by atoms with Crippen LogP contribution in [-0.4, -0.2) is 17.7 Å². The first-order valence-corrected chi connectivity index (χ1v) is 33.9. The largest absolute Gasteiger partial charge is 0.326 e. The highest BCUT2D eigenvalue weighted by Gasteiger charge is 2.15. The molecule has 79 heavy (non-hydrogen) atoms. The minimum absolute atomic E-state index is 0.0637. The van der Waals surface area contributed by atoms with Crippen LogP contribution >= 0.6 is 0 Å². The summed E-state index contributed by atoms with van der Waals surface area (Å²) in [4.78, 5) is 41.2. The fourth-order valence-electron chi connectivity index (χ4n) is 11.2. The van der Waals surface area contributed by atoms with Gasteiger partial charge in [-0.05, 0) is 92.1 Å². The SMILES string of the molecule is CCCCCCCCCCCCCCCCCC(=O)Nc1ccc(N(c2ccc(NC(=O)CCCCCCCCCCCCCCCCC)cc2)c2ccc(NC(=O)CCCCCCCCCCCCCCCCC)cc2)cc1. The second kappa shape index (κ2) is 49.7. The maximum atomic E-state index is 13.0. The highest BCUT2D eigenvalue weighted by molar-refractivity contribution is 5.93. The lowest BCUT2D eigenvalue weighted by molar-refractivity contribution is -0.117. The van der Waals surface area contributed by atoms with Crippen molar-refractivity contribution in [1.82, 2.24) is 0 Å². The predicted molar refractivity (Wildman–Crippen MR) is 346 cm³/mol. The van der Waals surface area contributed by atoms with Crippen LogP contribution in [0.5, 0.6) is 0 Å². The summed E-state index contributed by atoms with van der Waals surface area (Å²) in [6.45, 7) is 6.85. The molecule has 0 aliphatic carbocycles. The molecule has 3 aromatic carbocycles. The fraction of sp³-hybridized carbons (Fsp3) is 0.708. The number of nitrogens with one attached hydrogen (secondary N) is 3. The Hall–Kier alpha value is -4.13. The summed E-state index contributed by atoms with van der Waals surface area (Å²) in [6, 6.07) is 24.1. The van der Waals surface area contributed by atoms with E-state index in [9.17, 15) is 14.4 Å². The van der Waals surface area contributed by atoms with Crippen molar-refractivity contribution < 1.29 is 14.4 Å². The minimum atomic E-state index is 0.0637. The third kappa shape index (κ3) is 37.5. The first kappa shape index (κ1) is 69.1. The van der Waals surface area contributed by atoms with E-state index >= 15 is 0 Å². The van der Waals surface area contributed by atoms with Crippen LogP contribution in [0.15, 0.2) is 72.8 Å². The van der Waals surface area contributed by atoms with Crippen molar-refractivity contribution >= 4 is 51.8 Å². The van der Waals surface area contributed by atoms with E-state index in [4.69, 9.17) is 0 Å². The standard InChI is InChI=1S/C72H120N4O3/c1-4-7-10-13-16-19-22-25-28-31-34-37-40-43-46-49-70(77)73-64-52-58-67(59-53-64)76(68-60-54-65(55-61-68)74-71(78)50-47-44-41-38-35-32-29-26-23-20-17-14-11-8-5-2)69-62-56-66(57-63-69)75-72(79)51-48-45-42-39-36-33-30-27-24-21-18-15-12-9-6-3/h52-63H,4-51H2,1-3H3,(H,73,77)(H,74,78)(H,75,79). The predicted octanol–water partition coefficient (Wildman–Crippen LogP) is 23.8. The van der Waals surface area contributed by atoms with Gasteiger partial charge in [0.05, 0.1) is 0 Å². The van der Waals surface area contributed by atoms with E-state index in [-0.39, 0.29) is 17.7 Å². The molecule has 0 saturated heterocycles. The average molecular weight is 1090 g/mol. The van der Waals surface area contributed by atoms with Crippen molar-refractivity contribution in [2.24, 2.45) is 0 Å². The number of unbranched alkanes of at least 4 members (excludes halogenated alkanes) is 42. The number of carbonyl (C=O) groups excluding carboxylic acids is 3. The smallest absolute Gasteiger partial charge is 0.224 e. The Labute approximate surface area is 486 Å². The van der Waals surface area contributed by atoms with Gasteiger partial charge in [0.1, 0.15) is 0 Å². The highest BCUT2D eigenvalue weighted by Crippen LogP contribution is 2.36. The molecule has 7 nitrogen and oxygen atoms in total. The van der Waals surface area contributed by atoms with Crippen molar-refractivity contribution in [1.29, 1.82) is 0 Å². The molecular weight excluding hydrogens is 969 g/mol. The molecule has 0 heterocycles. The zero-order chi connectivity index (χ0) is 56.3. The van der Waals surface area contributed by atoms with E-state index in [1.165, 1.54) is 250 Å². The zero-order valence-electron chi connectivity index (χ0n) is 51.5. The van der Waals surface area contributed by atoms with Gasteiger partial charge in [0.25, 0.3) is 0 Å². The van der Waals surface area contributed by atoms with E-state index in [1.807, 2.05) is 72.8 Å². The number of carbonyl (C=O) groups is 3. The number of anilines is 6. The summed E-state index contributed by atoms with van der Waals surface area (Å²) in [6.07, 6.45) is 60.5. The monoisotopic (exact) mass is 1090 g/mol. The zero-order valence-corrected chi connectivity index (χ0v) is 51.5. The van der Waals surface area contributed by atoms with Crippen molar-refractivity contribution in [3.8, 4) is 0 Å². The van der Waals surface area contributed by atoms with Crippen molar-refractivity contribution in [2.45, 2.75) is 329 Å². The lowest BCUT2D eigenvalue weighted by atomic mass is 10.0. The molecule has 7 heteroatoms. The summed E-state index contributed by atoms with van der Waals surface area (Å²) >= 11 is 0. The molecule has 446 valence electrons. The van der Waals surface area contributed by atoms with Gasteiger partial charge in [0.2, 0.25) is 17.7 Å². The van der Waals surface area contributed by atoms with E-state index in [0.29, 0.717) is 19.3 Å². The van der Waals surface area contributed by atoms with Crippen LogP contribution in [0.4, 0.5) is 34.1 Å². The molecule has 0 fully saturated rings. The second-order valence-corrected chi connectivity index (χ2v) is 23.7. The van der Waals surface area contributed by atoms with Gasteiger partial charge in [-0.2, -0.15) is 0 Å². The van der Waals surface area contributed by atoms with Crippen LogP contribution in [-0.2, 0) is 14.4 Å². The molecule has 3 rings (SSSR count). The Morgan fingerprint density at radius 1 is 0.241 bits per heavy atom. The van der Waals surface area contributed by atoms with Gasteiger partial charge >= 0.3 is 0 Å². The Balaban J connectivity index is 1.45. The number of nitrogens with zero attached hydrogens (tertiary/aromatic N) is 1. The van der Waals surface area contributed by atoms with Crippen LogP contribution in [0.2, 0.25) is 0 Å². The Morgan fingerprint density at radius 2 is 0.392 bits per heavy atom. The second-order valence-electron chi connectivity index (χ2n) is 23.7. The molecule has 0 atom stereocenters. The maximum absolute atomic E-state index is 13.0. The molecule has 0 radical (unpaired) electrons. The molecule has 3 aromatic rings. The van der Waals surface area contributed by atoms with Crippen LogP contribution in [0, 0.1) is 0 Å². The maximum Gasteiger partial charge on any atom is 0.224 e. The highest BCUT2D eigenvalue weighted by atomic mass is 16.2. The Morgan fingerprint density at radius 3 is 0.557 bits per heavy atom. The summed E-state index contributed by atoms with van der Waals surface area (Å²) in [5, 5.41) is 9.41. The van der Waals surface area contributed by atoms with Gasteiger partial charge < -0.3 is 20.9 Å². The number of hydrogen-bond acceptors (Lipinski definition) is 4. The van der Waals surface area contributed by atoms with Crippen molar-refractivity contribution in [3.05, 3.63) is 72.8 Å². The van der Waals surface area contributed by atoms with Gasteiger partial charge in [-0.15, -0.1) is 0 Å². The third-order valence-corrected chi connectivity index (χ3v) is 16.2. The summed E-state index contributed by atoms with van der Waals surface area (Å²) in [5.74, 6) is 0.191. The van der Waals surface area contributed by atoms with Gasteiger partial charge in [-0.25, -0.2) is 0 Å². The van der Waals surface area contributed by atoms with E-state index < -0.39 is 0 Å². The van der Waals surface area contributed by atoms with Gasteiger partial charge in [0, 0.05) is 53.4 Å². The minimum Gasteiger partial charge on any atom is -0.326 e. The molecule has 0 aliphatic rings. The summed E-state index contributed by atoms with van der Waals surface area (Å²) in [7, 11) is 0. The molecule has 0 aromatic heterocycles. The van der Waals surface area contributed by atoms with Crippen molar-refractivity contribution in [2.75, 3.05) is 20.9 Å². The average Bonchev–Trinajstić information content (AvgIpc) is 3.49. The first-order chi connectivity index (χ1) is 38.9. The van der Waals surface area contributed by atoms with Crippen LogP contribution < -0.4 is 20.9 Å². The van der Waals surface area contributed by atoms with Gasteiger partial charge in [0.15, 0.2) is 0 Å². The first-order valence-electron chi connectivity index (χ1n) is 33.9. The summed E-state index contributed by atoms with van der Waals surface area (Å²) < 4.78 is 0. The Kier molecular flexibility index (Phi) is 43.5.